The van der Waals surface area contributed by atoms with Crippen molar-refractivity contribution in [3.05, 3.63) is 28.9 Å². The van der Waals surface area contributed by atoms with Crippen LogP contribution in [0.25, 0.3) is 10.9 Å². The number of hydrogen-bond donors (Lipinski definition) is 4. The van der Waals surface area contributed by atoms with Gasteiger partial charge in [0.1, 0.15) is 30.2 Å². The standard InChI is InChI=1S/C14H15BrClNO6/c15-6-1-2-8-7(3-6)9(4-17(8)16)22-14-13(21)12(20)11(19)10(5-18)23-14/h1-4,10-14,18-21H,5H2/t10-,11-,12+,13-,14-/m1/s1. The molecular formula is C14H15BrClNO6. The van der Waals surface area contributed by atoms with E-state index in [1.165, 1.54) is 10.3 Å². The maximum Gasteiger partial charge on any atom is 0.229 e. The topological polar surface area (TPSA) is 104 Å². The van der Waals surface area contributed by atoms with Crippen molar-refractivity contribution in [2.45, 2.75) is 30.7 Å². The lowest BCUT2D eigenvalue weighted by Gasteiger charge is -2.39. The van der Waals surface area contributed by atoms with Crippen molar-refractivity contribution in [1.82, 2.24) is 4.09 Å². The fourth-order valence-electron chi connectivity index (χ4n) is 2.52. The summed E-state index contributed by atoms with van der Waals surface area (Å²) in [5.41, 5.74) is 0.689. The molecule has 126 valence electrons. The molecule has 1 saturated heterocycles. The molecule has 3 rings (SSSR count). The number of hydrogen-bond acceptors (Lipinski definition) is 6. The average Bonchev–Trinajstić information content (AvgIpc) is 2.83. The van der Waals surface area contributed by atoms with Crippen LogP contribution in [0.1, 0.15) is 0 Å². The second kappa shape index (κ2) is 6.56. The first kappa shape index (κ1) is 17.0. The van der Waals surface area contributed by atoms with Gasteiger partial charge >= 0.3 is 0 Å². The first-order valence-electron chi connectivity index (χ1n) is 6.86. The fourth-order valence-corrected chi connectivity index (χ4v) is 3.11. The van der Waals surface area contributed by atoms with Crippen LogP contribution in [0.4, 0.5) is 0 Å². The highest BCUT2D eigenvalue weighted by molar-refractivity contribution is 9.10. The number of benzene rings is 1. The van der Waals surface area contributed by atoms with Crippen molar-refractivity contribution >= 4 is 38.6 Å². The van der Waals surface area contributed by atoms with Gasteiger partial charge < -0.3 is 29.9 Å². The van der Waals surface area contributed by atoms with E-state index in [-0.39, 0.29) is 0 Å². The summed E-state index contributed by atoms with van der Waals surface area (Å²) in [5, 5.41) is 39.5. The predicted octanol–water partition coefficient (Wildman–Crippen LogP) is 0.584. The highest BCUT2D eigenvalue weighted by atomic mass is 79.9. The van der Waals surface area contributed by atoms with Crippen LogP contribution in [0.3, 0.4) is 0 Å². The Morgan fingerprint density at radius 3 is 2.65 bits per heavy atom. The van der Waals surface area contributed by atoms with Crippen LogP contribution in [-0.4, -0.2) is 61.8 Å². The van der Waals surface area contributed by atoms with Crippen LogP contribution in [0.15, 0.2) is 28.9 Å². The van der Waals surface area contributed by atoms with Crippen molar-refractivity contribution < 1.29 is 29.9 Å². The second-order valence-corrected chi connectivity index (χ2v) is 6.56. The third-order valence-electron chi connectivity index (χ3n) is 3.78. The molecule has 1 aliphatic rings. The summed E-state index contributed by atoms with van der Waals surface area (Å²) in [6.07, 6.45) is -5.20. The van der Waals surface area contributed by atoms with E-state index < -0.39 is 37.3 Å². The van der Waals surface area contributed by atoms with Crippen molar-refractivity contribution in [3.8, 4) is 5.75 Å². The fraction of sp³-hybridized carbons (Fsp3) is 0.429. The van der Waals surface area contributed by atoms with Crippen molar-refractivity contribution in [2.24, 2.45) is 0 Å². The average molecular weight is 409 g/mol. The number of nitrogens with zero attached hydrogens (tertiary/aromatic N) is 1. The first-order chi connectivity index (χ1) is 10.9. The molecular weight excluding hydrogens is 394 g/mol. The Kier molecular flexibility index (Phi) is 4.84. The molecule has 2 aromatic rings. The molecule has 0 bridgehead atoms. The van der Waals surface area contributed by atoms with Gasteiger partial charge in [0.25, 0.3) is 0 Å². The number of ether oxygens (including phenoxy) is 2. The van der Waals surface area contributed by atoms with E-state index in [9.17, 15) is 20.4 Å². The Hall–Kier alpha value is -0.870. The number of aromatic nitrogens is 1. The van der Waals surface area contributed by atoms with E-state index in [1.54, 1.807) is 12.1 Å². The van der Waals surface area contributed by atoms with Crippen LogP contribution >= 0.6 is 27.7 Å². The van der Waals surface area contributed by atoms with Crippen molar-refractivity contribution in [2.75, 3.05) is 6.61 Å². The second-order valence-electron chi connectivity index (χ2n) is 5.28. The van der Waals surface area contributed by atoms with E-state index in [4.69, 9.17) is 21.3 Å². The number of aliphatic hydroxyl groups excluding tert-OH is 4. The van der Waals surface area contributed by atoms with Crippen LogP contribution in [-0.2, 0) is 4.74 Å². The summed E-state index contributed by atoms with van der Waals surface area (Å²) < 4.78 is 13.1. The van der Waals surface area contributed by atoms with Gasteiger partial charge in [-0.2, -0.15) is 0 Å². The van der Waals surface area contributed by atoms with Crippen LogP contribution < -0.4 is 4.74 Å². The molecule has 0 radical (unpaired) electrons. The van der Waals surface area contributed by atoms with Gasteiger partial charge in [-0.05, 0) is 18.2 Å². The van der Waals surface area contributed by atoms with Crippen molar-refractivity contribution in [3.63, 3.8) is 0 Å². The summed E-state index contributed by atoms with van der Waals surface area (Å²) in [5.74, 6) is 0.334. The molecule has 0 amide bonds. The van der Waals surface area contributed by atoms with Gasteiger partial charge in [0.2, 0.25) is 6.29 Å². The lowest BCUT2D eigenvalue weighted by Crippen LogP contribution is -2.60. The summed E-state index contributed by atoms with van der Waals surface area (Å²) in [7, 11) is 0. The molecule has 1 aliphatic heterocycles. The molecule has 4 N–H and O–H groups in total. The van der Waals surface area contributed by atoms with Gasteiger partial charge in [-0.25, -0.2) is 0 Å². The van der Waals surface area contributed by atoms with Gasteiger partial charge in [0.05, 0.1) is 18.3 Å². The molecule has 1 aromatic heterocycles. The Labute approximate surface area is 144 Å². The van der Waals surface area contributed by atoms with E-state index in [0.717, 1.165) is 4.47 Å². The molecule has 9 heteroatoms. The predicted molar refractivity (Wildman–Crippen MR) is 85.3 cm³/mol. The molecule has 0 aliphatic carbocycles. The monoisotopic (exact) mass is 407 g/mol. The zero-order valence-corrected chi connectivity index (χ0v) is 14.1. The third kappa shape index (κ3) is 3.08. The van der Waals surface area contributed by atoms with Crippen molar-refractivity contribution in [1.29, 1.82) is 0 Å². The van der Waals surface area contributed by atoms with E-state index in [1.807, 2.05) is 6.07 Å². The molecule has 5 atom stereocenters. The van der Waals surface area contributed by atoms with Gasteiger partial charge in [-0.15, -0.1) is 0 Å². The summed E-state index contributed by atoms with van der Waals surface area (Å²) >= 11 is 9.44. The van der Waals surface area contributed by atoms with Crippen LogP contribution in [0, 0.1) is 0 Å². The molecule has 0 unspecified atom stereocenters. The van der Waals surface area contributed by atoms with Crippen LogP contribution in [0.5, 0.6) is 5.75 Å². The first-order valence-corrected chi connectivity index (χ1v) is 7.99. The highest BCUT2D eigenvalue weighted by Gasteiger charge is 2.44. The van der Waals surface area contributed by atoms with Gasteiger partial charge in [0, 0.05) is 21.6 Å². The lowest BCUT2D eigenvalue weighted by atomic mass is 9.99. The summed E-state index contributed by atoms with van der Waals surface area (Å²) in [6.45, 7) is -0.520. The lowest BCUT2D eigenvalue weighted by molar-refractivity contribution is -0.277. The number of rotatable bonds is 3. The molecule has 0 spiro atoms. The highest BCUT2D eigenvalue weighted by Crippen LogP contribution is 2.33. The Balaban J connectivity index is 1.90. The zero-order chi connectivity index (χ0) is 16.7. The molecule has 1 aromatic carbocycles. The largest absolute Gasteiger partial charge is 0.460 e. The van der Waals surface area contributed by atoms with Gasteiger partial charge in [0.15, 0.2) is 0 Å². The normalized spacial score (nSPS) is 31.5. The van der Waals surface area contributed by atoms with Crippen LogP contribution in [0.2, 0.25) is 0 Å². The zero-order valence-electron chi connectivity index (χ0n) is 11.7. The van der Waals surface area contributed by atoms with E-state index in [0.29, 0.717) is 16.7 Å². The third-order valence-corrected chi connectivity index (χ3v) is 4.55. The molecule has 7 nitrogen and oxygen atoms in total. The maximum atomic E-state index is 10.0. The minimum atomic E-state index is -1.50. The Morgan fingerprint density at radius 1 is 1.22 bits per heavy atom. The molecule has 2 heterocycles. The summed E-state index contributed by atoms with van der Waals surface area (Å²) in [6, 6.07) is 5.39. The smallest absolute Gasteiger partial charge is 0.229 e. The Bertz CT molecular complexity index is 708. The number of aliphatic hydroxyl groups is 4. The minimum Gasteiger partial charge on any atom is -0.460 e. The number of fused-ring (bicyclic) bond motifs is 1. The maximum absolute atomic E-state index is 10.0. The minimum absolute atomic E-state index is 0.334. The van der Waals surface area contributed by atoms with E-state index >= 15 is 0 Å². The van der Waals surface area contributed by atoms with Gasteiger partial charge in [-0.3, -0.25) is 4.09 Å². The quantitative estimate of drug-likeness (QED) is 0.592. The van der Waals surface area contributed by atoms with Gasteiger partial charge in [-0.1, -0.05) is 15.9 Å². The molecule has 0 saturated carbocycles. The van der Waals surface area contributed by atoms with E-state index in [2.05, 4.69) is 15.9 Å². The Morgan fingerprint density at radius 2 is 1.96 bits per heavy atom. The molecule has 1 fully saturated rings. The molecule has 23 heavy (non-hydrogen) atoms. The summed E-state index contributed by atoms with van der Waals surface area (Å²) in [4.78, 5) is 0. The SMILES string of the molecule is OC[C@H]1O[C@@H](Oc2cn(Cl)c3ccc(Br)cc23)[C@H](O)[C@@H](O)[C@@H]1O. The number of halogens is 2.